The molecule has 31 heavy (non-hydrogen) atoms. The number of rotatable bonds is 3. The van der Waals surface area contributed by atoms with Crippen molar-refractivity contribution >= 4 is 16.7 Å². The molecule has 2 saturated carbocycles. The summed E-state index contributed by atoms with van der Waals surface area (Å²) in [6.45, 7) is 1.72. The third kappa shape index (κ3) is 3.99. The van der Waals surface area contributed by atoms with Crippen molar-refractivity contribution < 1.29 is 0 Å². The van der Waals surface area contributed by atoms with E-state index in [9.17, 15) is 14.4 Å². The fourth-order valence-electron chi connectivity index (χ4n) is 5.63. The van der Waals surface area contributed by atoms with Crippen LogP contribution in [0, 0.1) is 6.92 Å². The minimum Gasteiger partial charge on any atom is -0.368 e. The summed E-state index contributed by atoms with van der Waals surface area (Å²) >= 11 is 0. The Morgan fingerprint density at radius 2 is 1.29 bits per heavy atom. The first-order valence-electron chi connectivity index (χ1n) is 12.0. The highest BCUT2D eigenvalue weighted by Gasteiger charge is 2.26. The maximum absolute atomic E-state index is 13.9. The summed E-state index contributed by atoms with van der Waals surface area (Å²) < 4.78 is 4.59. The first-order chi connectivity index (χ1) is 14.9. The van der Waals surface area contributed by atoms with Crippen molar-refractivity contribution in [2.75, 3.05) is 5.32 Å². The van der Waals surface area contributed by atoms with Crippen LogP contribution in [0.5, 0.6) is 0 Å². The fraction of sp³-hybridized carbons (Fsp3) is 0.708. The number of pyridine rings is 1. The van der Waals surface area contributed by atoms with Gasteiger partial charge in [-0.25, -0.2) is 4.79 Å². The molecule has 7 nitrogen and oxygen atoms in total. The SMILES string of the molecule is Cc1c(=O)n(C)c(NC2CCCCC2)c2c(=O)n(C3CCCCCCC3)c(=O)n(C)c12. The highest BCUT2D eigenvalue weighted by molar-refractivity contribution is 5.91. The molecule has 0 bridgehead atoms. The van der Waals surface area contributed by atoms with E-state index in [1.165, 1.54) is 22.0 Å². The predicted molar refractivity (Wildman–Crippen MR) is 125 cm³/mol. The van der Waals surface area contributed by atoms with Gasteiger partial charge in [0.25, 0.3) is 11.1 Å². The molecule has 2 heterocycles. The lowest BCUT2D eigenvalue weighted by atomic mass is 9.95. The third-order valence-electron chi connectivity index (χ3n) is 7.44. The lowest BCUT2D eigenvalue weighted by Gasteiger charge is -2.27. The summed E-state index contributed by atoms with van der Waals surface area (Å²) in [5.41, 5.74) is 0.208. The number of nitrogens with zero attached hydrogens (tertiary/aromatic N) is 3. The topological polar surface area (TPSA) is 78.0 Å². The first-order valence-corrected chi connectivity index (χ1v) is 12.0. The molecule has 2 fully saturated rings. The Morgan fingerprint density at radius 3 is 1.94 bits per heavy atom. The summed E-state index contributed by atoms with van der Waals surface area (Å²) in [5.74, 6) is 0.567. The Bertz CT molecular complexity index is 1130. The van der Waals surface area contributed by atoms with Crippen molar-refractivity contribution in [3.8, 4) is 0 Å². The van der Waals surface area contributed by atoms with Crippen LogP contribution in [0.4, 0.5) is 5.82 Å². The molecule has 0 unspecified atom stereocenters. The van der Waals surface area contributed by atoms with E-state index in [0.717, 1.165) is 64.2 Å². The smallest absolute Gasteiger partial charge is 0.331 e. The number of aromatic nitrogens is 3. The van der Waals surface area contributed by atoms with Crippen molar-refractivity contribution in [1.82, 2.24) is 13.7 Å². The van der Waals surface area contributed by atoms with Crippen molar-refractivity contribution in [3.63, 3.8) is 0 Å². The van der Waals surface area contributed by atoms with E-state index in [2.05, 4.69) is 5.32 Å². The van der Waals surface area contributed by atoms with Crippen LogP contribution in [0.15, 0.2) is 14.4 Å². The van der Waals surface area contributed by atoms with Crippen LogP contribution in [0.25, 0.3) is 10.9 Å². The summed E-state index contributed by atoms with van der Waals surface area (Å²) in [4.78, 5) is 40.2. The molecule has 0 spiro atoms. The van der Waals surface area contributed by atoms with Gasteiger partial charge in [-0.3, -0.25) is 23.3 Å². The molecule has 7 heteroatoms. The molecule has 2 aromatic rings. The monoisotopic (exact) mass is 428 g/mol. The minimum atomic E-state index is -0.303. The van der Waals surface area contributed by atoms with E-state index < -0.39 is 0 Å². The standard InChI is InChI=1S/C24H36N4O3/c1-16-20-19(21(27(3)22(16)29)25-17-12-8-7-9-13-17)23(30)28(24(31)26(20)2)18-14-10-5-4-6-11-15-18/h17-18,25H,4-15H2,1-3H3. The Labute approximate surface area is 183 Å². The second-order valence-electron chi connectivity index (χ2n) is 9.56. The van der Waals surface area contributed by atoms with Gasteiger partial charge in [0.2, 0.25) is 0 Å². The maximum atomic E-state index is 13.9. The van der Waals surface area contributed by atoms with Gasteiger partial charge in [0.1, 0.15) is 11.2 Å². The summed E-state index contributed by atoms with van der Waals surface area (Å²) in [6.07, 6.45) is 12.9. The van der Waals surface area contributed by atoms with Gasteiger partial charge in [-0.2, -0.15) is 0 Å². The lowest BCUT2D eigenvalue weighted by Crippen LogP contribution is -2.43. The Balaban J connectivity index is 1.96. The van der Waals surface area contributed by atoms with Crippen LogP contribution in [0.3, 0.4) is 0 Å². The number of fused-ring (bicyclic) bond motifs is 1. The van der Waals surface area contributed by atoms with Crippen LogP contribution in [0.1, 0.15) is 88.7 Å². The van der Waals surface area contributed by atoms with Gasteiger partial charge in [0.15, 0.2) is 0 Å². The maximum Gasteiger partial charge on any atom is 0.331 e. The molecular formula is C24H36N4O3. The third-order valence-corrected chi connectivity index (χ3v) is 7.44. The van der Waals surface area contributed by atoms with E-state index in [1.807, 2.05) is 0 Å². The van der Waals surface area contributed by atoms with Crippen LogP contribution in [0.2, 0.25) is 0 Å². The molecule has 0 aromatic carbocycles. The predicted octanol–water partition coefficient (Wildman–Crippen LogP) is 3.74. The van der Waals surface area contributed by atoms with Gasteiger partial charge in [-0.1, -0.05) is 51.4 Å². The van der Waals surface area contributed by atoms with E-state index >= 15 is 0 Å². The molecule has 0 radical (unpaired) electrons. The van der Waals surface area contributed by atoms with E-state index in [-0.39, 0.29) is 28.9 Å². The van der Waals surface area contributed by atoms with Crippen molar-refractivity contribution in [2.45, 2.75) is 96.1 Å². The Hall–Kier alpha value is -2.31. The molecule has 2 aliphatic carbocycles. The van der Waals surface area contributed by atoms with Crippen molar-refractivity contribution in [2.24, 2.45) is 14.1 Å². The van der Waals surface area contributed by atoms with Gasteiger partial charge in [-0.05, 0) is 32.6 Å². The van der Waals surface area contributed by atoms with E-state index in [4.69, 9.17) is 0 Å². The van der Waals surface area contributed by atoms with Crippen LogP contribution >= 0.6 is 0 Å². The van der Waals surface area contributed by atoms with Crippen LogP contribution in [-0.4, -0.2) is 19.7 Å². The average Bonchev–Trinajstić information content (AvgIpc) is 2.74. The summed E-state index contributed by atoms with van der Waals surface area (Å²) in [6, 6.07) is 0.174. The average molecular weight is 429 g/mol. The molecule has 0 amide bonds. The van der Waals surface area contributed by atoms with Gasteiger partial charge in [0, 0.05) is 31.7 Å². The molecule has 2 aromatic heterocycles. The largest absolute Gasteiger partial charge is 0.368 e. The molecule has 1 N–H and O–H groups in total. The number of anilines is 1. The number of hydrogen-bond donors (Lipinski definition) is 1. The Kier molecular flexibility index (Phi) is 6.39. The van der Waals surface area contributed by atoms with Crippen molar-refractivity contribution in [3.05, 3.63) is 36.8 Å². The zero-order chi connectivity index (χ0) is 22.1. The second-order valence-corrected chi connectivity index (χ2v) is 9.56. The fourth-order valence-corrected chi connectivity index (χ4v) is 5.63. The summed E-state index contributed by atoms with van der Waals surface area (Å²) in [5, 5.41) is 4.02. The summed E-state index contributed by atoms with van der Waals surface area (Å²) in [7, 11) is 3.42. The van der Waals surface area contributed by atoms with E-state index in [0.29, 0.717) is 22.3 Å². The molecule has 0 saturated heterocycles. The van der Waals surface area contributed by atoms with Gasteiger partial charge in [-0.15, -0.1) is 0 Å². The molecule has 4 rings (SSSR count). The van der Waals surface area contributed by atoms with Crippen LogP contribution in [-0.2, 0) is 14.1 Å². The number of nitrogens with one attached hydrogen (secondary N) is 1. The Morgan fingerprint density at radius 1 is 0.742 bits per heavy atom. The normalized spacial score (nSPS) is 19.3. The second kappa shape index (κ2) is 9.05. The highest BCUT2D eigenvalue weighted by atomic mass is 16.2. The molecule has 0 atom stereocenters. The van der Waals surface area contributed by atoms with Crippen molar-refractivity contribution in [1.29, 1.82) is 0 Å². The van der Waals surface area contributed by atoms with Crippen LogP contribution < -0.4 is 22.1 Å². The quantitative estimate of drug-likeness (QED) is 0.808. The molecular weight excluding hydrogens is 392 g/mol. The number of hydrogen-bond acceptors (Lipinski definition) is 4. The minimum absolute atomic E-state index is 0.0732. The highest BCUT2D eigenvalue weighted by Crippen LogP contribution is 2.28. The molecule has 0 aliphatic heterocycles. The van der Waals surface area contributed by atoms with E-state index in [1.54, 1.807) is 25.6 Å². The van der Waals surface area contributed by atoms with Gasteiger partial charge < -0.3 is 5.32 Å². The number of aryl methyl sites for hydroxylation is 2. The molecule has 2 aliphatic rings. The zero-order valence-electron chi connectivity index (χ0n) is 19.2. The molecule has 170 valence electrons. The lowest BCUT2D eigenvalue weighted by molar-refractivity contribution is 0.352. The first kappa shape index (κ1) is 21.9. The van der Waals surface area contributed by atoms with Gasteiger partial charge >= 0.3 is 5.69 Å². The van der Waals surface area contributed by atoms with Gasteiger partial charge in [0.05, 0.1) is 5.52 Å². The zero-order valence-corrected chi connectivity index (χ0v) is 19.2.